The van der Waals surface area contributed by atoms with Crippen molar-refractivity contribution in [2.75, 3.05) is 26.2 Å². The Hall–Kier alpha value is -3.67. The predicted octanol–water partition coefficient (Wildman–Crippen LogP) is 3.64. The van der Waals surface area contributed by atoms with E-state index in [2.05, 4.69) is 16.0 Å². The number of esters is 1. The fourth-order valence-electron chi connectivity index (χ4n) is 6.22. The number of nitrogens with one attached hydrogen (secondary N) is 3. The highest BCUT2D eigenvalue weighted by molar-refractivity contribution is 5.99. The van der Waals surface area contributed by atoms with E-state index in [1.54, 1.807) is 35.2 Å². The summed E-state index contributed by atoms with van der Waals surface area (Å²) in [6.07, 6.45) is 6.55. The van der Waals surface area contributed by atoms with Gasteiger partial charge in [0, 0.05) is 32.0 Å². The lowest BCUT2D eigenvalue weighted by molar-refractivity contribution is -0.178. The second kappa shape index (κ2) is 16.6. The van der Waals surface area contributed by atoms with E-state index in [1.807, 2.05) is 0 Å². The van der Waals surface area contributed by atoms with Gasteiger partial charge in [-0.1, -0.05) is 24.6 Å². The number of amides is 3. The van der Waals surface area contributed by atoms with Crippen LogP contribution in [0.5, 0.6) is 0 Å². The van der Waals surface area contributed by atoms with Crippen molar-refractivity contribution in [3.63, 3.8) is 0 Å². The van der Waals surface area contributed by atoms with Gasteiger partial charge in [-0.2, -0.15) is 0 Å². The first-order valence-electron chi connectivity index (χ1n) is 16.4. The van der Waals surface area contributed by atoms with E-state index in [1.165, 1.54) is 13.8 Å². The van der Waals surface area contributed by atoms with Crippen molar-refractivity contribution >= 4 is 29.8 Å². The summed E-state index contributed by atoms with van der Waals surface area (Å²) in [5.74, 6) is -2.16. The number of rotatable bonds is 11. The molecule has 2 heterocycles. The second-order valence-corrected chi connectivity index (χ2v) is 12.6. The maximum Gasteiger partial charge on any atom is 0.511 e. The molecule has 1 saturated carbocycles. The first-order chi connectivity index (χ1) is 21.6. The van der Waals surface area contributed by atoms with Crippen molar-refractivity contribution in [2.45, 2.75) is 103 Å². The number of carbonyl (C=O) groups is 5. The van der Waals surface area contributed by atoms with Crippen molar-refractivity contribution in [3.8, 4) is 0 Å². The lowest BCUT2D eigenvalue weighted by Crippen LogP contribution is -2.66. The second-order valence-electron chi connectivity index (χ2n) is 12.6. The molecule has 3 fully saturated rings. The quantitative estimate of drug-likeness (QED) is 0.246. The van der Waals surface area contributed by atoms with Crippen molar-refractivity contribution in [3.05, 3.63) is 35.9 Å². The minimum absolute atomic E-state index is 0.0247. The number of benzene rings is 1. The van der Waals surface area contributed by atoms with Crippen LogP contribution in [-0.2, 0) is 28.6 Å². The molecule has 248 valence electrons. The summed E-state index contributed by atoms with van der Waals surface area (Å²) < 4.78 is 15.9. The first-order valence-corrected chi connectivity index (χ1v) is 16.4. The normalized spacial score (nSPS) is 21.5. The molecule has 45 heavy (non-hydrogen) atoms. The third-order valence-corrected chi connectivity index (χ3v) is 8.90. The smallest absolute Gasteiger partial charge is 0.431 e. The van der Waals surface area contributed by atoms with Gasteiger partial charge in [0.05, 0.1) is 5.92 Å². The summed E-state index contributed by atoms with van der Waals surface area (Å²) in [6, 6.07) is 8.25. The maximum atomic E-state index is 13.6. The standard InChI is InChI=1S/C33H48N4O8/c1-23(44-32(42)45-27-13-7-4-8-14-27)43-31(41)33(2,35-29(39)25-10-5-3-6-11-25)36-30(40)26-12-9-21-37(22-26)28(38)16-15-24-17-19-34-20-18-24/h3,5-6,10-11,23-24,26-27,34H,4,7-9,12-22H2,1-2H3,(H,35,39)(H,36,40)/t23?,26-,33+/m1/s1. The van der Waals surface area contributed by atoms with Gasteiger partial charge in [-0.3, -0.25) is 14.4 Å². The molecule has 0 radical (unpaired) electrons. The lowest BCUT2D eigenvalue weighted by atomic mass is 9.92. The third-order valence-electron chi connectivity index (χ3n) is 8.90. The molecule has 12 heteroatoms. The summed E-state index contributed by atoms with van der Waals surface area (Å²) in [5, 5.41) is 8.60. The Morgan fingerprint density at radius 2 is 1.64 bits per heavy atom. The van der Waals surface area contributed by atoms with Crippen molar-refractivity contribution in [2.24, 2.45) is 11.8 Å². The molecule has 0 aromatic heterocycles. The summed E-state index contributed by atoms with van der Waals surface area (Å²) in [4.78, 5) is 67.3. The molecule has 2 aliphatic heterocycles. The highest BCUT2D eigenvalue weighted by atomic mass is 16.8. The Morgan fingerprint density at radius 1 is 0.933 bits per heavy atom. The van der Waals surface area contributed by atoms with E-state index >= 15 is 0 Å². The van der Waals surface area contributed by atoms with E-state index in [0.29, 0.717) is 31.7 Å². The molecule has 1 aromatic rings. The topological polar surface area (TPSA) is 152 Å². The summed E-state index contributed by atoms with van der Waals surface area (Å²) in [6.45, 7) is 5.43. The van der Waals surface area contributed by atoms with Crippen LogP contribution in [0.25, 0.3) is 0 Å². The molecular weight excluding hydrogens is 580 g/mol. The van der Waals surface area contributed by atoms with Crippen molar-refractivity contribution in [1.82, 2.24) is 20.9 Å². The van der Waals surface area contributed by atoms with E-state index in [9.17, 15) is 24.0 Å². The van der Waals surface area contributed by atoms with E-state index in [0.717, 1.165) is 64.5 Å². The summed E-state index contributed by atoms with van der Waals surface area (Å²) in [5.41, 5.74) is -1.73. The zero-order chi connectivity index (χ0) is 32.2. The number of carbonyl (C=O) groups excluding carboxylic acids is 5. The minimum atomic E-state index is -2.00. The Labute approximate surface area is 265 Å². The number of hydrogen-bond acceptors (Lipinski definition) is 9. The molecule has 0 spiro atoms. The van der Waals surface area contributed by atoms with Crippen LogP contribution in [0.4, 0.5) is 4.79 Å². The van der Waals surface area contributed by atoms with Gasteiger partial charge in [0.25, 0.3) is 5.91 Å². The largest absolute Gasteiger partial charge is 0.511 e. The van der Waals surface area contributed by atoms with Gasteiger partial charge in [0.15, 0.2) is 0 Å². The average Bonchev–Trinajstić information content (AvgIpc) is 3.04. The number of piperidine rings is 2. The number of hydrogen-bond donors (Lipinski definition) is 3. The molecule has 0 bridgehead atoms. The molecule has 1 aliphatic carbocycles. The summed E-state index contributed by atoms with van der Waals surface area (Å²) in [7, 11) is 0. The monoisotopic (exact) mass is 628 g/mol. The zero-order valence-corrected chi connectivity index (χ0v) is 26.5. The zero-order valence-electron chi connectivity index (χ0n) is 26.5. The van der Waals surface area contributed by atoms with Gasteiger partial charge in [-0.25, -0.2) is 9.59 Å². The van der Waals surface area contributed by atoms with Crippen LogP contribution in [0.15, 0.2) is 30.3 Å². The van der Waals surface area contributed by atoms with Gasteiger partial charge in [-0.15, -0.1) is 0 Å². The molecular formula is C33H48N4O8. The van der Waals surface area contributed by atoms with Crippen LogP contribution in [0.3, 0.4) is 0 Å². The Kier molecular flexibility index (Phi) is 12.6. The van der Waals surface area contributed by atoms with Crippen molar-refractivity contribution < 1.29 is 38.2 Å². The molecule has 1 unspecified atom stereocenters. The van der Waals surface area contributed by atoms with Crippen LogP contribution in [0.1, 0.15) is 94.8 Å². The molecule has 1 aromatic carbocycles. The van der Waals surface area contributed by atoms with Gasteiger partial charge < -0.3 is 35.1 Å². The molecule has 4 rings (SSSR count). The van der Waals surface area contributed by atoms with Crippen LogP contribution in [0.2, 0.25) is 0 Å². The Bertz CT molecular complexity index is 1170. The maximum absolute atomic E-state index is 13.6. The number of ether oxygens (including phenoxy) is 3. The first kappa shape index (κ1) is 34.2. The summed E-state index contributed by atoms with van der Waals surface area (Å²) >= 11 is 0. The van der Waals surface area contributed by atoms with E-state index in [4.69, 9.17) is 14.2 Å². The number of nitrogens with zero attached hydrogens (tertiary/aromatic N) is 1. The SMILES string of the molecule is CC(OC(=O)OC1CCCCC1)OC(=O)[C@@](C)(NC(=O)c1ccccc1)NC(=O)[C@@H]1CCCN(C(=O)CCC2CCNCC2)C1. The van der Waals surface area contributed by atoms with Gasteiger partial charge in [-0.05, 0) is 95.9 Å². The van der Waals surface area contributed by atoms with Crippen LogP contribution in [0, 0.1) is 11.8 Å². The van der Waals surface area contributed by atoms with E-state index in [-0.39, 0.29) is 24.1 Å². The Morgan fingerprint density at radius 3 is 2.36 bits per heavy atom. The fourth-order valence-corrected chi connectivity index (χ4v) is 6.22. The third kappa shape index (κ3) is 10.4. The molecule has 3 N–H and O–H groups in total. The molecule has 2 saturated heterocycles. The van der Waals surface area contributed by atoms with Gasteiger partial charge in [0.2, 0.25) is 23.8 Å². The molecule has 3 aliphatic rings. The minimum Gasteiger partial charge on any atom is -0.431 e. The molecule has 3 atom stereocenters. The Balaban J connectivity index is 1.37. The molecule has 3 amide bonds. The lowest BCUT2D eigenvalue weighted by Gasteiger charge is -2.36. The van der Waals surface area contributed by atoms with Crippen LogP contribution < -0.4 is 16.0 Å². The fraction of sp³-hybridized carbons (Fsp3) is 0.667. The van der Waals surface area contributed by atoms with E-state index < -0.39 is 41.8 Å². The van der Waals surface area contributed by atoms with Crippen LogP contribution >= 0.6 is 0 Å². The highest BCUT2D eigenvalue weighted by Gasteiger charge is 2.42. The predicted molar refractivity (Wildman–Crippen MR) is 165 cm³/mol. The number of likely N-dealkylation sites (tertiary alicyclic amines) is 1. The van der Waals surface area contributed by atoms with Gasteiger partial charge in [0.1, 0.15) is 6.10 Å². The average molecular weight is 629 g/mol. The van der Waals surface area contributed by atoms with Crippen LogP contribution in [-0.4, -0.2) is 79.0 Å². The van der Waals surface area contributed by atoms with Gasteiger partial charge >= 0.3 is 12.1 Å². The highest BCUT2D eigenvalue weighted by Crippen LogP contribution is 2.23. The molecule has 12 nitrogen and oxygen atoms in total. The van der Waals surface area contributed by atoms with Crippen molar-refractivity contribution in [1.29, 1.82) is 0 Å².